The summed E-state index contributed by atoms with van der Waals surface area (Å²) in [6, 6.07) is 2.91. The highest BCUT2D eigenvalue weighted by Gasteiger charge is 2.67. The topological polar surface area (TPSA) is 139 Å². The van der Waals surface area contributed by atoms with Crippen molar-refractivity contribution in [3.63, 3.8) is 0 Å². The Labute approximate surface area is 273 Å². The van der Waals surface area contributed by atoms with E-state index < -0.39 is 23.2 Å². The van der Waals surface area contributed by atoms with Crippen LogP contribution in [0.4, 0.5) is 4.39 Å². The van der Waals surface area contributed by atoms with Crippen LogP contribution in [0.5, 0.6) is 0 Å². The van der Waals surface area contributed by atoms with Crippen molar-refractivity contribution in [2.24, 2.45) is 5.41 Å². The lowest BCUT2D eigenvalue weighted by Crippen LogP contribution is -2.49. The van der Waals surface area contributed by atoms with Crippen molar-refractivity contribution in [1.29, 1.82) is 0 Å². The molecule has 3 amide bonds. The summed E-state index contributed by atoms with van der Waals surface area (Å²) in [7, 11) is 0. The van der Waals surface area contributed by atoms with E-state index in [0.29, 0.717) is 49.0 Å². The van der Waals surface area contributed by atoms with Gasteiger partial charge < -0.3 is 15.5 Å². The van der Waals surface area contributed by atoms with Crippen molar-refractivity contribution in [2.75, 3.05) is 13.1 Å². The highest BCUT2D eigenvalue weighted by atomic mass is 19.1. The lowest BCUT2D eigenvalue weighted by molar-refractivity contribution is -0.140. The van der Waals surface area contributed by atoms with Crippen LogP contribution in [-0.2, 0) is 27.3 Å². The van der Waals surface area contributed by atoms with Gasteiger partial charge in [-0.05, 0) is 81.7 Å². The van der Waals surface area contributed by atoms with Crippen LogP contribution in [0.3, 0.4) is 0 Å². The third-order valence-corrected chi connectivity index (χ3v) is 9.86. The fourth-order valence-electron chi connectivity index (χ4n) is 7.13. The number of hydrogen-bond acceptors (Lipinski definition) is 7. The largest absolute Gasteiger partial charge is 0.355 e. The first kappa shape index (κ1) is 32.5. The van der Waals surface area contributed by atoms with Crippen molar-refractivity contribution in [1.82, 2.24) is 35.3 Å². The summed E-state index contributed by atoms with van der Waals surface area (Å²) in [5.74, 6) is -0.761. The summed E-state index contributed by atoms with van der Waals surface area (Å²) in [5.41, 5.74) is 3.66. The van der Waals surface area contributed by atoms with E-state index in [1.807, 2.05) is 13.0 Å². The Morgan fingerprint density at radius 1 is 1.02 bits per heavy atom. The average molecular weight is 644 g/mol. The molecule has 2 aromatic heterocycles. The van der Waals surface area contributed by atoms with Gasteiger partial charge in [-0.1, -0.05) is 12.8 Å². The van der Waals surface area contributed by atoms with Crippen molar-refractivity contribution in [3.05, 3.63) is 53.0 Å². The molecular weight excluding hydrogens is 601 g/mol. The number of rotatable bonds is 5. The van der Waals surface area contributed by atoms with Crippen LogP contribution in [0.15, 0.2) is 35.9 Å². The molecule has 3 aromatic rings. The molecule has 1 aliphatic carbocycles. The van der Waals surface area contributed by atoms with Crippen molar-refractivity contribution >= 4 is 34.4 Å². The molecule has 0 radical (unpaired) electrons. The zero-order valence-electron chi connectivity index (χ0n) is 27.5. The Bertz CT molecular complexity index is 1780. The van der Waals surface area contributed by atoms with Gasteiger partial charge in [0.25, 0.3) is 0 Å². The number of halogens is 1. The first-order chi connectivity index (χ1) is 22.5. The maximum atomic E-state index is 14.3. The van der Waals surface area contributed by atoms with E-state index in [1.165, 1.54) is 6.92 Å². The molecule has 248 valence electrons. The van der Waals surface area contributed by atoms with Gasteiger partial charge in [-0.2, -0.15) is 5.10 Å². The molecule has 1 saturated heterocycles. The van der Waals surface area contributed by atoms with Gasteiger partial charge in [0.2, 0.25) is 17.7 Å². The number of piperidine rings is 1. The van der Waals surface area contributed by atoms with Crippen LogP contribution in [-0.4, -0.2) is 73.3 Å². The number of hydrogen-bond donors (Lipinski definition) is 2. The molecule has 0 unspecified atom stereocenters. The van der Waals surface area contributed by atoms with Crippen LogP contribution >= 0.6 is 0 Å². The molecule has 11 nitrogen and oxygen atoms in total. The summed E-state index contributed by atoms with van der Waals surface area (Å²) in [6.07, 6.45) is 9.06. The summed E-state index contributed by atoms with van der Waals surface area (Å²) in [5, 5.41) is 11.1. The number of aromatic nitrogens is 4. The molecule has 6 rings (SSSR count). The Balaban J connectivity index is 1.40. The van der Waals surface area contributed by atoms with E-state index in [-0.39, 0.29) is 42.4 Å². The first-order valence-corrected chi connectivity index (χ1v) is 16.5. The van der Waals surface area contributed by atoms with Gasteiger partial charge in [0, 0.05) is 54.7 Å². The number of aryl methyl sites for hydroxylation is 2. The molecule has 2 fully saturated rings. The first-order valence-electron chi connectivity index (χ1n) is 16.5. The smallest absolute Gasteiger partial charge is 0.245 e. The maximum absolute atomic E-state index is 14.3. The van der Waals surface area contributed by atoms with Gasteiger partial charge in [0.1, 0.15) is 29.9 Å². The van der Waals surface area contributed by atoms with Crippen molar-refractivity contribution in [2.45, 2.75) is 97.7 Å². The molecule has 4 heterocycles. The van der Waals surface area contributed by atoms with E-state index in [1.54, 1.807) is 35.8 Å². The molecule has 3 aliphatic rings. The van der Waals surface area contributed by atoms with Gasteiger partial charge in [0.05, 0.1) is 12.1 Å². The number of carbonyl (C=O) groups excluding carboxylic acids is 4. The Kier molecular flexibility index (Phi) is 8.95. The van der Waals surface area contributed by atoms with E-state index in [4.69, 9.17) is 5.10 Å². The third-order valence-electron chi connectivity index (χ3n) is 9.86. The second kappa shape index (κ2) is 13.0. The Hall–Kier alpha value is -4.48. The number of nitrogens with one attached hydrogen (secondary N) is 2. The minimum Gasteiger partial charge on any atom is -0.355 e. The Morgan fingerprint density at radius 3 is 2.45 bits per heavy atom. The minimum atomic E-state index is -0.816. The molecule has 1 saturated carbocycles. The molecule has 12 heteroatoms. The number of amides is 3. The predicted molar refractivity (Wildman–Crippen MR) is 174 cm³/mol. The molecule has 2 N–H and O–H groups in total. The van der Waals surface area contributed by atoms with Gasteiger partial charge in [-0.25, -0.2) is 14.4 Å². The summed E-state index contributed by atoms with van der Waals surface area (Å²) >= 11 is 0. The zero-order valence-corrected chi connectivity index (χ0v) is 27.5. The van der Waals surface area contributed by atoms with E-state index in [2.05, 4.69) is 26.7 Å². The molecule has 0 spiro atoms. The fraction of sp³-hybridized carbons (Fsp3) is 0.514. The summed E-state index contributed by atoms with van der Waals surface area (Å²) < 4.78 is 15.9. The molecule has 1 aromatic carbocycles. The molecule has 2 aliphatic heterocycles. The van der Waals surface area contributed by atoms with Crippen LogP contribution in [0.2, 0.25) is 0 Å². The SMILES string of the molecule is CC(=O)c1nn2c3c(cc(-c4cnc(C)nc4)cc13)CCCCCCC(=O)NC[C@@]13C[C@@H](C(=O)NCC(F)=C(C)C)N(C(=O)C2)[C@@H]1C3. The van der Waals surface area contributed by atoms with Gasteiger partial charge >= 0.3 is 0 Å². The monoisotopic (exact) mass is 643 g/mol. The lowest BCUT2D eigenvalue weighted by Gasteiger charge is -2.27. The maximum Gasteiger partial charge on any atom is 0.245 e. The lowest BCUT2D eigenvalue weighted by atomic mass is 9.96. The fourth-order valence-corrected chi connectivity index (χ4v) is 7.13. The zero-order chi connectivity index (χ0) is 33.5. The highest BCUT2D eigenvalue weighted by Crippen LogP contribution is 2.59. The normalized spacial score (nSPS) is 23.1. The van der Waals surface area contributed by atoms with Crippen LogP contribution in [0, 0.1) is 12.3 Å². The second-order valence-corrected chi connectivity index (χ2v) is 13.5. The second-order valence-electron chi connectivity index (χ2n) is 13.5. The van der Waals surface area contributed by atoms with Gasteiger partial charge in [-0.15, -0.1) is 0 Å². The average Bonchev–Trinajstić information content (AvgIpc) is 3.45. The summed E-state index contributed by atoms with van der Waals surface area (Å²) in [6.45, 7) is 6.50. The number of Topliss-reactive ketones (excluding diaryl/α,β-unsaturated/α-hetero) is 1. The molecule has 47 heavy (non-hydrogen) atoms. The molecule has 2 bridgehead atoms. The number of carbonyl (C=O) groups is 4. The highest BCUT2D eigenvalue weighted by molar-refractivity contribution is 6.07. The van der Waals surface area contributed by atoms with E-state index in [9.17, 15) is 23.6 Å². The number of nitrogens with zero attached hydrogens (tertiary/aromatic N) is 5. The van der Waals surface area contributed by atoms with Crippen LogP contribution < -0.4 is 10.6 Å². The minimum absolute atomic E-state index is 0.0302. The number of allylic oxidation sites excluding steroid dienone is 1. The third kappa shape index (κ3) is 6.55. The summed E-state index contributed by atoms with van der Waals surface area (Å²) in [4.78, 5) is 63.7. The Morgan fingerprint density at radius 2 is 1.74 bits per heavy atom. The van der Waals surface area contributed by atoms with Gasteiger partial charge in [-0.3, -0.25) is 23.9 Å². The number of ketones is 1. The van der Waals surface area contributed by atoms with Crippen LogP contribution in [0.1, 0.15) is 87.6 Å². The van der Waals surface area contributed by atoms with Crippen LogP contribution in [0.25, 0.3) is 22.0 Å². The van der Waals surface area contributed by atoms with Crippen molar-refractivity contribution in [3.8, 4) is 11.1 Å². The standard InChI is InChI=1S/C35H42FN7O4/c1-20(2)27(36)17-39-34(47)28-13-35-14-29(35)43(28)31(46)18-42-33-23(9-7-5-6-8-10-30(45)40-19-35)11-24(25-15-37-22(4)38-16-25)12-26(33)32(41-42)21(3)44/h11-12,15-16,28-29H,5-10,13-14,17-19H2,1-4H3,(H,39,47)(H,40,45)/t28-,29+,35-/m0/s1. The predicted octanol–water partition coefficient (Wildman–Crippen LogP) is 4.37. The van der Waals surface area contributed by atoms with E-state index in [0.717, 1.165) is 47.9 Å². The van der Waals surface area contributed by atoms with Crippen molar-refractivity contribution < 1.29 is 23.6 Å². The van der Waals surface area contributed by atoms with Gasteiger partial charge in [0.15, 0.2) is 5.78 Å². The molecular formula is C35H42FN7O4. The molecule has 3 atom stereocenters. The van der Waals surface area contributed by atoms with E-state index >= 15 is 0 Å². The quantitative estimate of drug-likeness (QED) is 0.394. The number of benzene rings is 1.